The molecule has 2 aromatic rings. The zero-order valence-electron chi connectivity index (χ0n) is 15.6. The van der Waals surface area contributed by atoms with Gasteiger partial charge in [-0.15, -0.1) is 11.3 Å². The van der Waals surface area contributed by atoms with Crippen LogP contribution in [-0.4, -0.2) is 40.7 Å². The fraction of sp³-hybridized carbons (Fsp3) is 0.455. The van der Waals surface area contributed by atoms with Gasteiger partial charge in [-0.2, -0.15) is 0 Å². The van der Waals surface area contributed by atoms with E-state index in [1.54, 1.807) is 23.5 Å². The standard InChI is InChI=1S/C22H23FN2O2S/c23-16-5-3-14(4-6-16)21-18-10-12-28-19(18)9-11-24(21)20(26)13-25(17-7-8-17)22(27)15-1-2-15/h3-6,10,12,15,17,21H,1-2,7-9,11,13H2/t21-/m1/s1. The fourth-order valence-corrected chi connectivity index (χ4v) is 5.07. The monoisotopic (exact) mass is 398 g/mol. The van der Waals surface area contributed by atoms with Crippen molar-refractivity contribution >= 4 is 23.2 Å². The van der Waals surface area contributed by atoms with E-state index in [9.17, 15) is 14.0 Å². The lowest BCUT2D eigenvalue weighted by Crippen LogP contribution is -2.47. The van der Waals surface area contributed by atoms with Crippen LogP contribution in [-0.2, 0) is 16.0 Å². The van der Waals surface area contributed by atoms with Crippen molar-refractivity contribution in [3.63, 3.8) is 0 Å². The quantitative estimate of drug-likeness (QED) is 0.769. The molecule has 2 saturated carbocycles. The summed E-state index contributed by atoms with van der Waals surface area (Å²) in [4.78, 5) is 31.0. The van der Waals surface area contributed by atoms with E-state index < -0.39 is 0 Å². The van der Waals surface area contributed by atoms with E-state index in [1.807, 2.05) is 9.80 Å². The van der Waals surface area contributed by atoms with Gasteiger partial charge in [0, 0.05) is 23.4 Å². The third kappa shape index (κ3) is 3.34. The normalized spacial score (nSPS) is 21.3. The van der Waals surface area contributed by atoms with Gasteiger partial charge in [0.1, 0.15) is 12.4 Å². The molecule has 28 heavy (non-hydrogen) atoms. The first-order valence-corrected chi connectivity index (χ1v) is 10.9. The molecule has 0 N–H and O–H groups in total. The average molecular weight is 399 g/mol. The first-order valence-electron chi connectivity index (χ1n) is 10.0. The fourth-order valence-electron chi connectivity index (χ4n) is 4.16. The Hall–Kier alpha value is -2.21. The summed E-state index contributed by atoms with van der Waals surface area (Å²) in [6, 6.07) is 8.53. The summed E-state index contributed by atoms with van der Waals surface area (Å²) in [7, 11) is 0. The van der Waals surface area contributed by atoms with Gasteiger partial charge in [0.15, 0.2) is 0 Å². The number of fused-ring (bicyclic) bond motifs is 1. The topological polar surface area (TPSA) is 40.6 Å². The van der Waals surface area contributed by atoms with Crippen LogP contribution in [0.2, 0.25) is 0 Å². The number of hydrogen-bond donors (Lipinski definition) is 0. The number of amides is 2. The van der Waals surface area contributed by atoms with Gasteiger partial charge >= 0.3 is 0 Å². The second-order valence-corrected chi connectivity index (χ2v) is 9.06. The van der Waals surface area contributed by atoms with E-state index in [1.165, 1.54) is 17.0 Å². The molecule has 2 amide bonds. The number of halogens is 1. The summed E-state index contributed by atoms with van der Waals surface area (Å²) >= 11 is 1.71. The second kappa shape index (κ2) is 6.99. The predicted octanol–water partition coefficient (Wildman–Crippen LogP) is 3.76. The Morgan fingerprint density at radius 2 is 1.86 bits per heavy atom. The first-order chi connectivity index (χ1) is 13.6. The van der Waals surface area contributed by atoms with E-state index in [2.05, 4.69) is 11.4 Å². The van der Waals surface area contributed by atoms with Crippen molar-refractivity contribution < 1.29 is 14.0 Å². The van der Waals surface area contributed by atoms with Gasteiger partial charge in [-0.25, -0.2) is 4.39 Å². The van der Waals surface area contributed by atoms with Crippen LogP contribution in [0, 0.1) is 11.7 Å². The summed E-state index contributed by atoms with van der Waals surface area (Å²) in [5.74, 6) is -0.00136. The van der Waals surface area contributed by atoms with Crippen LogP contribution in [0.3, 0.4) is 0 Å². The molecule has 2 heterocycles. The van der Waals surface area contributed by atoms with Gasteiger partial charge in [-0.1, -0.05) is 12.1 Å². The van der Waals surface area contributed by atoms with Crippen molar-refractivity contribution in [1.82, 2.24) is 9.80 Å². The summed E-state index contributed by atoms with van der Waals surface area (Å²) in [5, 5.41) is 2.06. The summed E-state index contributed by atoms with van der Waals surface area (Å²) in [6.45, 7) is 0.793. The Morgan fingerprint density at radius 3 is 2.54 bits per heavy atom. The molecule has 1 aromatic heterocycles. The van der Waals surface area contributed by atoms with Crippen LogP contribution in [0.1, 0.15) is 47.7 Å². The number of carbonyl (C=O) groups excluding carboxylic acids is 2. The van der Waals surface area contributed by atoms with Crippen LogP contribution >= 0.6 is 11.3 Å². The minimum absolute atomic E-state index is 0.00734. The smallest absolute Gasteiger partial charge is 0.243 e. The molecule has 1 aliphatic heterocycles. The SMILES string of the molecule is O=C(C1CC1)N(CC(=O)N1CCc2sccc2[C@H]1c1ccc(F)cc1)C1CC1. The van der Waals surface area contributed by atoms with Gasteiger partial charge in [0.25, 0.3) is 0 Å². The van der Waals surface area contributed by atoms with E-state index >= 15 is 0 Å². The van der Waals surface area contributed by atoms with Crippen molar-refractivity contribution in [2.24, 2.45) is 5.92 Å². The minimum atomic E-state index is -0.280. The molecule has 146 valence electrons. The zero-order chi connectivity index (χ0) is 19.3. The van der Waals surface area contributed by atoms with Crippen molar-refractivity contribution in [3.8, 4) is 0 Å². The van der Waals surface area contributed by atoms with Crippen LogP contribution in [0.15, 0.2) is 35.7 Å². The van der Waals surface area contributed by atoms with E-state index in [0.717, 1.165) is 43.2 Å². The highest BCUT2D eigenvalue weighted by molar-refractivity contribution is 7.10. The molecule has 0 saturated heterocycles. The van der Waals surface area contributed by atoms with Gasteiger partial charge in [-0.05, 0) is 66.8 Å². The Bertz CT molecular complexity index is 902. The lowest BCUT2D eigenvalue weighted by molar-refractivity contribution is -0.143. The maximum absolute atomic E-state index is 13.5. The van der Waals surface area contributed by atoms with Crippen molar-refractivity contribution in [2.75, 3.05) is 13.1 Å². The molecule has 0 bridgehead atoms. The molecule has 0 radical (unpaired) electrons. The molecule has 3 aliphatic rings. The summed E-state index contributed by atoms with van der Waals surface area (Å²) in [6.07, 6.45) is 4.74. The Labute approximate surface area is 167 Å². The maximum Gasteiger partial charge on any atom is 0.243 e. The number of hydrogen-bond acceptors (Lipinski definition) is 3. The first kappa shape index (κ1) is 17.9. The molecule has 0 unspecified atom stereocenters. The van der Waals surface area contributed by atoms with Gasteiger partial charge in [-0.3, -0.25) is 9.59 Å². The molecule has 2 fully saturated rings. The lowest BCUT2D eigenvalue weighted by atomic mass is 9.93. The number of benzene rings is 1. The van der Waals surface area contributed by atoms with E-state index in [4.69, 9.17) is 0 Å². The van der Waals surface area contributed by atoms with Gasteiger partial charge < -0.3 is 9.80 Å². The summed E-state index contributed by atoms with van der Waals surface area (Å²) in [5.41, 5.74) is 2.04. The van der Waals surface area contributed by atoms with E-state index in [0.29, 0.717) is 6.54 Å². The molecule has 1 atom stereocenters. The van der Waals surface area contributed by atoms with Crippen molar-refractivity contribution in [2.45, 2.75) is 44.2 Å². The molecule has 6 heteroatoms. The van der Waals surface area contributed by atoms with E-state index in [-0.39, 0.29) is 42.2 Å². The highest BCUT2D eigenvalue weighted by atomic mass is 32.1. The lowest BCUT2D eigenvalue weighted by Gasteiger charge is -2.37. The Morgan fingerprint density at radius 1 is 1.11 bits per heavy atom. The Kier molecular flexibility index (Phi) is 4.46. The van der Waals surface area contributed by atoms with Gasteiger partial charge in [0.05, 0.1) is 6.04 Å². The highest BCUT2D eigenvalue weighted by Crippen LogP contribution is 2.39. The van der Waals surface area contributed by atoms with Crippen molar-refractivity contribution in [3.05, 3.63) is 57.5 Å². The van der Waals surface area contributed by atoms with Crippen LogP contribution in [0.5, 0.6) is 0 Å². The van der Waals surface area contributed by atoms with Crippen molar-refractivity contribution in [1.29, 1.82) is 0 Å². The largest absolute Gasteiger partial charge is 0.330 e. The molecule has 4 nitrogen and oxygen atoms in total. The number of nitrogens with zero attached hydrogens (tertiary/aromatic N) is 2. The molecule has 1 aromatic carbocycles. The maximum atomic E-state index is 13.5. The highest BCUT2D eigenvalue weighted by Gasteiger charge is 2.42. The average Bonchev–Trinajstić information content (AvgIpc) is 3.62. The number of carbonyl (C=O) groups is 2. The molecule has 5 rings (SSSR count). The molecule has 0 spiro atoms. The predicted molar refractivity (Wildman–Crippen MR) is 105 cm³/mol. The van der Waals surface area contributed by atoms with Crippen LogP contribution in [0.25, 0.3) is 0 Å². The Balaban J connectivity index is 1.42. The second-order valence-electron chi connectivity index (χ2n) is 8.06. The van der Waals surface area contributed by atoms with Crippen LogP contribution < -0.4 is 0 Å². The molecular weight excluding hydrogens is 375 g/mol. The van der Waals surface area contributed by atoms with Crippen LogP contribution in [0.4, 0.5) is 4.39 Å². The molecule has 2 aliphatic carbocycles. The number of rotatable bonds is 5. The molecular formula is C22H23FN2O2S. The van der Waals surface area contributed by atoms with Gasteiger partial charge in [0.2, 0.25) is 11.8 Å². The third-order valence-electron chi connectivity index (χ3n) is 5.97. The summed E-state index contributed by atoms with van der Waals surface area (Å²) < 4.78 is 13.5. The third-order valence-corrected chi connectivity index (χ3v) is 6.97. The number of thiophene rings is 1. The zero-order valence-corrected chi connectivity index (χ0v) is 16.5. The minimum Gasteiger partial charge on any atom is -0.330 e.